The van der Waals surface area contributed by atoms with Crippen molar-refractivity contribution in [1.82, 2.24) is 9.55 Å². The van der Waals surface area contributed by atoms with Crippen LogP contribution in [-0.2, 0) is 17.6 Å². The van der Waals surface area contributed by atoms with Crippen molar-refractivity contribution in [3.8, 4) is 6.07 Å². The van der Waals surface area contributed by atoms with Gasteiger partial charge in [0.25, 0.3) is 0 Å². The van der Waals surface area contributed by atoms with Gasteiger partial charge in [0.2, 0.25) is 0 Å². The van der Waals surface area contributed by atoms with Crippen molar-refractivity contribution in [3.05, 3.63) is 71.6 Å². The van der Waals surface area contributed by atoms with Gasteiger partial charge in [-0.05, 0) is 69.7 Å². The van der Waals surface area contributed by atoms with Crippen LogP contribution in [-0.4, -0.2) is 33.7 Å². The molecule has 216 valence electrons. The summed E-state index contributed by atoms with van der Waals surface area (Å²) in [6, 6.07) is 15.0. The third-order valence-electron chi connectivity index (χ3n) is 7.72. The van der Waals surface area contributed by atoms with Crippen LogP contribution in [0, 0.1) is 17.2 Å². The number of aliphatic carboxylic acids is 1. The monoisotopic (exact) mass is 544 g/mol. The Labute approximate surface area is 241 Å². The Bertz CT molecular complexity index is 1300. The number of allylic oxidation sites excluding steroid dienone is 1. The van der Waals surface area contributed by atoms with E-state index >= 15 is 0 Å². The average Bonchev–Trinajstić information content (AvgIpc) is 3.36. The van der Waals surface area contributed by atoms with E-state index in [-0.39, 0.29) is 12.0 Å². The second-order valence-electron chi connectivity index (χ2n) is 10.0. The van der Waals surface area contributed by atoms with Crippen molar-refractivity contribution in [2.75, 3.05) is 11.9 Å². The van der Waals surface area contributed by atoms with Crippen molar-refractivity contribution >= 4 is 22.7 Å². The molecule has 1 aromatic heterocycles. The molecule has 0 spiro atoms. The van der Waals surface area contributed by atoms with E-state index in [2.05, 4.69) is 48.2 Å². The summed E-state index contributed by atoms with van der Waals surface area (Å²) in [5.41, 5.74) is 6.28. The maximum Gasteiger partial charge on any atom is 0.306 e. The van der Waals surface area contributed by atoms with Crippen LogP contribution in [0.15, 0.2) is 49.1 Å². The number of carbonyl (C=O) groups is 1. The molecule has 1 N–H and O–H groups in total. The third-order valence-corrected chi connectivity index (χ3v) is 7.72. The molecule has 0 saturated heterocycles. The molecular formula is C34H48N4O2. The Balaban J connectivity index is 0.000000737. The zero-order valence-electron chi connectivity index (χ0n) is 25.6. The molecule has 6 nitrogen and oxygen atoms in total. The number of aromatic nitrogens is 2. The van der Waals surface area contributed by atoms with Crippen molar-refractivity contribution < 1.29 is 9.90 Å². The minimum atomic E-state index is -0.700. The molecule has 1 aliphatic carbocycles. The molecule has 1 aliphatic heterocycles. The number of imidazole rings is 1. The van der Waals surface area contributed by atoms with E-state index in [0.717, 1.165) is 54.5 Å². The van der Waals surface area contributed by atoms with Gasteiger partial charge in [0.15, 0.2) is 0 Å². The summed E-state index contributed by atoms with van der Waals surface area (Å²) in [6.45, 7) is 15.5. The Hall–Kier alpha value is -3.59. The van der Waals surface area contributed by atoms with E-state index in [9.17, 15) is 15.2 Å². The number of hydrogen-bond donors (Lipinski definition) is 1. The molecule has 2 unspecified atom stereocenters. The Morgan fingerprint density at radius 1 is 1.15 bits per heavy atom. The lowest BCUT2D eigenvalue weighted by molar-refractivity contribution is -0.143. The number of carboxylic acid groups (broad SMARTS) is 1. The summed E-state index contributed by atoms with van der Waals surface area (Å²) in [5, 5.41) is 19.3. The molecule has 2 aliphatic rings. The highest BCUT2D eigenvalue weighted by Crippen LogP contribution is 2.40. The summed E-state index contributed by atoms with van der Waals surface area (Å²) < 4.78 is 2.30. The van der Waals surface area contributed by atoms with Crippen LogP contribution in [0.2, 0.25) is 0 Å². The summed E-state index contributed by atoms with van der Waals surface area (Å²) in [4.78, 5) is 19.3. The number of benzene rings is 2. The van der Waals surface area contributed by atoms with Gasteiger partial charge < -0.3 is 14.6 Å². The molecule has 0 amide bonds. The van der Waals surface area contributed by atoms with E-state index in [0.29, 0.717) is 24.4 Å². The number of nitriles is 1. The van der Waals surface area contributed by atoms with Crippen LogP contribution < -0.4 is 4.90 Å². The number of fused-ring (bicyclic) bond motifs is 3. The molecule has 1 fully saturated rings. The standard InChI is InChI=1S/C27H30N4O2.C3H6.2C2H6/c1-17-10-11-22-23(30(17)2)12-13-24-26(22)29-25(15-18-6-3-4-7-20(18)16-28)31(24)21-9-5-8-19(14-21)27(32)33;1-3-2;2*1-2/h3-4,6-7,12-13,17,19,21H,5,8-11,14-15H2,1-2H3,(H,32,33);3H,1H2,2H3;2*1-2H3/t17?,19?,21-;;;/m1.../s1. The number of anilines is 1. The number of aryl methyl sites for hydroxylation is 1. The first-order valence-corrected chi connectivity index (χ1v) is 14.9. The second kappa shape index (κ2) is 15.9. The fraction of sp³-hybridized carbons (Fsp3) is 0.500. The van der Waals surface area contributed by atoms with Gasteiger partial charge in [-0.1, -0.05) is 58.4 Å². The lowest BCUT2D eigenvalue weighted by Crippen LogP contribution is -2.33. The van der Waals surface area contributed by atoms with Gasteiger partial charge in [-0.15, -0.1) is 6.58 Å². The van der Waals surface area contributed by atoms with Gasteiger partial charge in [-0.25, -0.2) is 4.98 Å². The maximum atomic E-state index is 11.8. The lowest BCUT2D eigenvalue weighted by Gasteiger charge is -2.34. The van der Waals surface area contributed by atoms with Crippen LogP contribution in [0.25, 0.3) is 11.0 Å². The summed E-state index contributed by atoms with van der Waals surface area (Å²) in [7, 11) is 2.15. The molecule has 6 heteroatoms. The zero-order chi connectivity index (χ0) is 29.8. The molecule has 40 heavy (non-hydrogen) atoms. The van der Waals surface area contributed by atoms with Crippen molar-refractivity contribution in [3.63, 3.8) is 0 Å². The normalized spacial score (nSPS) is 19.4. The summed E-state index contributed by atoms with van der Waals surface area (Å²) in [6.07, 6.45) is 7.62. The van der Waals surface area contributed by atoms with E-state index in [1.807, 2.05) is 58.9 Å². The van der Waals surface area contributed by atoms with Gasteiger partial charge >= 0.3 is 5.97 Å². The Kier molecular flexibility index (Phi) is 12.9. The molecule has 2 heterocycles. The van der Waals surface area contributed by atoms with Gasteiger partial charge in [0, 0.05) is 36.8 Å². The SMILES string of the molecule is C=CC.CC.CC.CC1CCc2c(ccc3c2nc(Cc2ccccc2C#N)n3[C@@H]2CCCC(C(=O)O)C2)N1C. The first-order chi connectivity index (χ1) is 19.4. The van der Waals surface area contributed by atoms with Crippen LogP contribution in [0.1, 0.15) is 102 Å². The van der Waals surface area contributed by atoms with Gasteiger partial charge in [0.05, 0.1) is 28.6 Å². The van der Waals surface area contributed by atoms with Crippen LogP contribution in [0.4, 0.5) is 5.69 Å². The number of hydrogen-bond acceptors (Lipinski definition) is 4. The molecule has 3 atom stereocenters. The average molecular weight is 545 g/mol. The fourth-order valence-electron chi connectivity index (χ4n) is 5.72. The highest BCUT2D eigenvalue weighted by Gasteiger charge is 2.32. The van der Waals surface area contributed by atoms with E-state index < -0.39 is 5.97 Å². The van der Waals surface area contributed by atoms with E-state index in [4.69, 9.17) is 4.98 Å². The highest BCUT2D eigenvalue weighted by molar-refractivity contribution is 5.86. The minimum Gasteiger partial charge on any atom is -0.481 e. The van der Waals surface area contributed by atoms with Gasteiger partial charge in [0.1, 0.15) is 5.82 Å². The van der Waals surface area contributed by atoms with Crippen molar-refractivity contribution in [2.24, 2.45) is 5.92 Å². The topological polar surface area (TPSA) is 82.1 Å². The molecule has 3 aromatic rings. The number of carboxylic acids is 1. The maximum absolute atomic E-state index is 11.8. The molecule has 0 bridgehead atoms. The molecule has 1 saturated carbocycles. The quantitative estimate of drug-likeness (QED) is 0.334. The fourth-order valence-corrected chi connectivity index (χ4v) is 5.72. The van der Waals surface area contributed by atoms with E-state index in [1.165, 1.54) is 11.3 Å². The highest BCUT2D eigenvalue weighted by atomic mass is 16.4. The van der Waals surface area contributed by atoms with Crippen LogP contribution >= 0.6 is 0 Å². The third kappa shape index (κ3) is 7.13. The summed E-state index contributed by atoms with van der Waals surface area (Å²) in [5.74, 6) is -0.0862. The summed E-state index contributed by atoms with van der Waals surface area (Å²) >= 11 is 0. The van der Waals surface area contributed by atoms with Crippen LogP contribution in [0.5, 0.6) is 0 Å². The van der Waals surface area contributed by atoms with Crippen molar-refractivity contribution in [2.45, 2.75) is 98.6 Å². The Morgan fingerprint density at radius 3 is 2.48 bits per heavy atom. The molecule has 2 aromatic carbocycles. The molecule has 0 radical (unpaired) electrons. The molecule has 5 rings (SSSR count). The molecular weight excluding hydrogens is 496 g/mol. The largest absolute Gasteiger partial charge is 0.481 e. The van der Waals surface area contributed by atoms with Crippen molar-refractivity contribution in [1.29, 1.82) is 5.26 Å². The zero-order valence-corrected chi connectivity index (χ0v) is 25.6. The Morgan fingerprint density at radius 2 is 1.82 bits per heavy atom. The van der Waals surface area contributed by atoms with E-state index in [1.54, 1.807) is 6.08 Å². The second-order valence-corrected chi connectivity index (χ2v) is 10.0. The van der Waals surface area contributed by atoms with Gasteiger partial charge in [-0.3, -0.25) is 4.79 Å². The first-order valence-electron chi connectivity index (χ1n) is 14.9. The lowest BCUT2D eigenvalue weighted by atomic mass is 9.85. The number of nitrogens with zero attached hydrogens (tertiary/aromatic N) is 4. The minimum absolute atomic E-state index is 0.104. The van der Waals surface area contributed by atoms with Gasteiger partial charge in [-0.2, -0.15) is 5.26 Å². The smallest absolute Gasteiger partial charge is 0.306 e. The van der Waals surface area contributed by atoms with Crippen LogP contribution in [0.3, 0.4) is 0 Å². The number of rotatable bonds is 4. The predicted molar refractivity (Wildman–Crippen MR) is 167 cm³/mol. The predicted octanol–water partition coefficient (Wildman–Crippen LogP) is 8.33. The first kappa shape index (κ1) is 32.6.